The molecule has 2 atom stereocenters. The molecule has 0 saturated carbocycles. The molecule has 1 amide bonds. The average molecular weight is 408 g/mol. The minimum absolute atomic E-state index is 0.311. The SMILES string of the molecule is C[C@@H]1C[C@@H](CCNC(=O)OCc2ccccc2)c2ccc(N3CCN(C)CC3)cc21. The third-order valence-corrected chi connectivity index (χ3v) is 6.52. The number of carbonyl (C=O) groups excluding carboxylic acids is 1. The second-order valence-corrected chi connectivity index (χ2v) is 8.71. The number of fused-ring (bicyclic) bond motifs is 1. The van der Waals surface area contributed by atoms with Crippen LogP contribution in [0.25, 0.3) is 0 Å². The number of anilines is 1. The lowest BCUT2D eigenvalue weighted by Crippen LogP contribution is -2.44. The second kappa shape index (κ2) is 9.52. The molecule has 1 aliphatic heterocycles. The predicted molar refractivity (Wildman–Crippen MR) is 121 cm³/mol. The van der Waals surface area contributed by atoms with E-state index in [0.717, 1.165) is 44.6 Å². The van der Waals surface area contributed by atoms with Gasteiger partial charge in [-0.1, -0.05) is 43.3 Å². The summed E-state index contributed by atoms with van der Waals surface area (Å²) >= 11 is 0. The zero-order chi connectivity index (χ0) is 20.9. The Kier molecular flexibility index (Phi) is 6.58. The summed E-state index contributed by atoms with van der Waals surface area (Å²) in [6.45, 7) is 7.73. The van der Waals surface area contributed by atoms with E-state index in [0.29, 0.717) is 25.0 Å². The summed E-state index contributed by atoms with van der Waals surface area (Å²) < 4.78 is 5.31. The third-order valence-electron chi connectivity index (χ3n) is 6.52. The van der Waals surface area contributed by atoms with E-state index in [9.17, 15) is 4.79 Å². The van der Waals surface area contributed by atoms with Crippen LogP contribution in [0.4, 0.5) is 10.5 Å². The van der Waals surface area contributed by atoms with Gasteiger partial charge in [-0.3, -0.25) is 0 Å². The molecule has 1 fully saturated rings. The molecular formula is C25H33N3O2. The molecule has 1 heterocycles. The summed E-state index contributed by atoms with van der Waals surface area (Å²) in [4.78, 5) is 16.9. The lowest BCUT2D eigenvalue weighted by Gasteiger charge is -2.34. The van der Waals surface area contributed by atoms with Crippen LogP contribution in [0.15, 0.2) is 48.5 Å². The highest BCUT2D eigenvalue weighted by Gasteiger charge is 2.29. The van der Waals surface area contributed by atoms with E-state index in [-0.39, 0.29) is 6.09 Å². The Hall–Kier alpha value is -2.53. The number of benzene rings is 2. The third kappa shape index (κ3) is 4.96. The summed E-state index contributed by atoms with van der Waals surface area (Å²) in [5.74, 6) is 1.08. The molecule has 160 valence electrons. The first-order valence-electron chi connectivity index (χ1n) is 11.1. The summed E-state index contributed by atoms with van der Waals surface area (Å²) in [5, 5.41) is 2.92. The first kappa shape index (κ1) is 20.7. The van der Waals surface area contributed by atoms with Gasteiger partial charge in [-0.2, -0.15) is 0 Å². The van der Waals surface area contributed by atoms with E-state index >= 15 is 0 Å². The first-order chi connectivity index (χ1) is 14.6. The number of rotatable bonds is 6. The maximum Gasteiger partial charge on any atom is 0.407 e. The topological polar surface area (TPSA) is 44.8 Å². The van der Waals surface area contributed by atoms with E-state index in [2.05, 4.69) is 47.3 Å². The first-order valence-corrected chi connectivity index (χ1v) is 11.1. The molecule has 0 radical (unpaired) electrons. The molecule has 2 aliphatic rings. The number of hydrogen-bond acceptors (Lipinski definition) is 4. The minimum Gasteiger partial charge on any atom is -0.445 e. The quantitative estimate of drug-likeness (QED) is 0.773. The van der Waals surface area contributed by atoms with Crippen LogP contribution >= 0.6 is 0 Å². The number of hydrogen-bond donors (Lipinski definition) is 1. The van der Waals surface area contributed by atoms with Crippen LogP contribution in [0, 0.1) is 0 Å². The van der Waals surface area contributed by atoms with Crippen molar-refractivity contribution < 1.29 is 9.53 Å². The zero-order valence-electron chi connectivity index (χ0n) is 18.1. The van der Waals surface area contributed by atoms with Gasteiger partial charge < -0.3 is 19.9 Å². The van der Waals surface area contributed by atoms with Crippen molar-refractivity contribution in [3.63, 3.8) is 0 Å². The second-order valence-electron chi connectivity index (χ2n) is 8.71. The summed E-state index contributed by atoms with van der Waals surface area (Å²) in [6, 6.07) is 16.8. The molecule has 30 heavy (non-hydrogen) atoms. The van der Waals surface area contributed by atoms with Gasteiger partial charge in [0.2, 0.25) is 0 Å². The monoisotopic (exact) mass is 407 g/mol. The molecule has 0 unspecified atom stereocenters. The van der Waals surface area contributed by atoms with E-state index in [1.807, 2.05) is 30.3 Å². The summed E-state index contributed by atoms with van der Waals surface area (Å²) in [7, 11) is 2.19. The molecule has 1 aliphatic carbocycles. The molecule has 4 rings (SSSR count). The van der Waals surface area contributed by atoms with Crippen LogP contribution in [0.1, 0.15) is 48.3 Å². The highest BCUT2D eigenvalue weighted by Crippen LogP contribution is 2.44. The highest BCUT2D eigenvalue weighted by molar-refractivity contribution is 5.67. The highest BCUT2D eigenvalue weighted by atomic mass is 16.5. The summed E-state index contributed by atoms with van der Waals surface area (Å²) in [5.41, 5.74) is 5.31. The van der Waals surface area contributed by atoms with Crippen molar-refractivity contribution in [3.05, 3.63) is 65.2 Å². The number of ether oxygens (including phenoxy) is 1. The van der Waals surface area contributed by atoms with E-state index in [1.165, 1.54) is 16.8 Å². The van der Waals surface area contributed by atoms with Crippen LogP contribution in [0.2, 0.25) is 0 Å². The van der Waals surface area contributed by atoms with Crippen molar-refractivity contribution in [3.8, 4) is 0 Å². The van der Waals surface area contributed by atoms with Gasteiger partial charge in [-0.25, -0.2) is 4.79 Å². The van der Waals surface area contributed by atoms with Gasteiger partial charge in [0, 0.05) is 38.4 Å². The number of amides is 1. The molecule has 2 aromatic rings. The maximum absolute atomic E-state index is 12.0. The Morgan fingerprint density at radius 3 is 2.60 bits per heavy atom. The van der Waals surface area contributed by atoms with E-state index < -0.39 is 0 Å². The molecule has 1 saturated heterocycles. The van der Waals surface area contributed by atoms with Crippen LogP contribution in [0.5, 0.6) is 0 Å². The molecular weight excluding hydrogens is 374 g/mol. The fourth-order valence-corrected chi connectivity index (χ4v) is 4.70. The van der Waals surface area contributed by atoms with Gasteiger partial charge in [0.15, 0.2) is 0 Å². The largest absolute Gasteiger partial charge is 0.445 e. The molecule has 0 bridgehead atoms. The van der Waals surface area contributed by atoms with Gasteiger partial charge in [0.1, 0.15) is 6.61 Å². The number of likely N-dealkylation sites (N-methyl/N-ethyl adjacent to an activating group) is 1. The number of nitrogens with zero attached hydrogens (tertiary/aromatic N) is 2. The number of piperazine rings is 1. The number of nitrogens with one attached hydrogen (secondary N) is 1. The van der Waals surface area contributed by atoms with E-state index in [4.69, 9.17) is 4.74 Å². The molecule has 0 aromatic heterocycles. The van der Waals surface area contributed by atoms with Crippen molar-refractivity contribution in [2.75, 3.05) is 44.7 Å². The van der Waals surface area contributed by atoms with Crippen LogP contribution in [0.3, 0.4) is 0 Å². The predicted octanol–water partition coefficient (Wildman–Crippen LogP) is 4.35. The molecule has 2 aromatic carbocycles. The fourth-order valence-electron chi connectivity index (χ4n) is 4.70. The zero-order valence-corrected chi connectivity index (χ0v) is 18.1. The Balaban J connectivity index is 1.28. The van der Waals surface area contributed by atoms with Gasteiger partial charge in [-0.05, 0) is 60.5 Å². The Morgan fingerprint density at radius 2 is 1.83 bits per heavy atom. The molecule has 5 heteroatoms. The van der Waals surface area contributed by atoms with Crippen molar-refractivity contribution in [1.29, 1.82) is 0 Å². The molecule has 0 spiro atoms. The number of alkyl carbamates (subject to hydrolysis) is 1. The smallest absolute Gasteiger partial charge is 0.407 e. The normalized spacial score (nSPS) is 21.3. The standard InChI is InChI=1S/C25H33N3O2/c1-19-16-21(10-11-26-25(29)30-18-20-6-4-3-5-7-20)23-9-8-22(17-24(19)23)28-14-12-27(2)13-15-28/h3-9,17,19,21H,10-16,18H2,1-2H3,(H,26,29)/t19-,21-/m1/s1. The van der Waals surface area contributed by atoms with E-state index in [1.54, 1.807) is 0 Å². The Bertz CT molecular complexity index is 847. The Morgan fingerprint density at radius 1 is 1.07 bits per heavy atom. The lowest BCUT2D eigenvalue weighted by molar-refractivity contribution is 0.139. The number of carbonyl (C=O) groups is 1. The maximum atomic E-state index is 12.0. The Labute approximate surface area is 180 Å². The molecule has 1 N–H and O–H groups in total. The van der Waals surface area contributed by atoms with Gasteiger partial charge in [0.05, 0.1) is 0 Å². The molecule has 5 nitrogen and oxygen atoms in total. The van der Waals surface area contributed by atoms with Gasteiger partial charge >= 0.3 is 6.09 Å². The summed E-state index contributed by atoms with van der Waals surface area (Å²) in [6.07, 6.45) is 1.77. The van der Waals surface area contributed by atoms with Gasteiger partial charge in [-0.15, -0.1) is 0 Å². The van der Waals surface area contributed by atoms with Crippen molar-refractivity contribution in [2.45, 2.75) is 38.2 Å². The lowest BCUT2D eigenvalue weighted by atomic mass is 9.97. The van der Waals surface area contributed by atoms with Crippen molar-refractivity contribution in [2.24, 2.45) is 0 Å². The van der Waals surface area contributed by atoms with Gasteiger partial charge in [0.25, 0.3) is 0 Å². The van der Waals surface area contributed by atoms with Crippen LogP contribution in [-0.2, 0) is 11.3 Å². The van der Waals surface area contributed by atoms with Crippen molar-refractivity contribution in [1.82, 2.24) is 10.2 Å². The average Bonchev–Trinajstić information content (AvgIpc) is 3.08. The van der Waals surface area contributed by atoms with Crippen LogP contribution in [-0.4, -0.2) is 50.8 Å². The van der Waals surface area contributed by atoms with Crippen LogP contribution < -0.4 is 10.2 Å². The fraction of sp³-hybridized carbons (Fsp3) is 0.480. The van der Waals surface area contributed by atoms with Crippen molar-refractivity contribution >= 4 is 11.8 Å². The minimum atomic E-state index is -0.337.